The van der Waals surface area contributed by atoms with Gasteiger partial charge in [-0.05, 0) is 31.0 Å². The molecule has 1 fully saturated rings. The average Bonchev–Trinajstić information content (AvgIpc) is 3.43. The Balaban J connectivity index is 1.67. The molecule has 34 heavy (non-hydrogen) atoms. The summed E-state index contributed by atoms with van der Waals surface area (Å²) in [6.45, 7) is 0.837. The topological polar surface area (TPSA) is 90.0 Å². The molecular formula is C26H25NO6S. The van der Waals surface area contributed by atoms with Gasteiger partial charge in [0.15, 0.2) is 6.10 Å². The lowest BCUT2D eigenvalue weighted by molar-refractivity contribution is 0.0279. The van der Waals surface area contributed by atoms with E-state index in [0.29, 0.717) is 24.2 Å². The molecule has 0 aliphatic carbocycles. The first kappa shape index (κ1) is 23.7. The number of ketones is 1. The minimum absolute atomic E-state index is 0.0142. The van der Waals surface area contributed by atoms with E-state index in [4.69, 9.17) is 9.47 Å². The number of benzene rings is 3. The first-order valence-electron chi connectivity index (χ1n) is 10.9. The standard InChI is InChI=1S/C26H25NO6S/c1-32-22-15-14-21(18-23(22)34(30,31)27-16-8-9-17-27)26(29)33-25(20-12-6-3-7-13-20)24(28)19-10-4-2-5-11-19/h2-7,10-15,18,25H,8-9,16-17H2,1H3. The summed E-state index contributed by atoms with van der Waals surface area (Å²) >= 11 is 0. The van der Waals surface area contributed by atoms with Crippen molar-refractivity contribution in [3.05, 3.63) is 95.6 Å². The van der Waals surface area contributed by atoms with Gasteiger partial charge in [-0.15, -0.1) is 0 Å². The number of carbonyl (C=O) groups excluding carboxylic acids is 2. The summed E-state index contributed by atoms with van der Waals surface area (Å²) in [6, 6.07) is 21.4. The van der Waals surface area contributed by atoms with Crippen LogP contribution < -0.4 is 4.74 Å². The highest BCUT2D eigenvalue weighted by Gasteiger charge is 2.32. The summed E-state index contributed by atoms with van der Waals surface area (Å²) in [5.41, 5.74) is 0.930. The first-order valence-corrected chi connectivity index (χ1v) is 12.4. The molecule has 0 saturated carbocycles. The number of Topliss-reactive ketones (excluding diaryl/α,β-unsaturated/α-hetero) is 1. The van der Waals surface area contributed by atoms with E-state index in [1.54, 1.807) is 60.7 Å². The van der Waals surface area contributed by atoms with Crippen LogP contribution in [0.2, 0.25) is 0 Å². The van der Waals surface area contributed by atoms with Gasteiger partial charge in [-0.25, -0.2) is 13.2 Å². The predicted molar refractivity (Wildman–Crippen MR) is 126 cm³/mol. The van der Waals surface area contributed by atoms with Crippen LogP contribution in [0.3, 0.4) is 0 Å². The monoisotopic (exact) mass is 479 g/mol. The summed E-state index contributed by atoms with van der Waals surface area (Å²) in [5, 5.41) is 0. The Morgan fingerprint density at radius 2 is 1.47 bits per heavy atom. The van der Waals surface area contributed by atoms with Crippen molar-refractivity contribution in [3.8, 4) is 5.75 Å². The molecule has 1 aliphatic rings. The van der Waals surface area contributed by atoms with Crippen molar-refractivity contribution in [1.82, 2.24) is 4.31 Å². The van der Waals surface area contributed by atoms with E-state index in [0.717, 1.165) is 12.8 Å². The molecule has 176 valence electrons. The van der Waals surface area contributed by atoms with Gasteiger partial charge in [-0.3, -0.25) is 4.79 Å². The fraction of sp³-hybridized carbons (Fsp3) is 0.231. The van der Waals surface area contributed by atoms with Crippen molar-refractivity contribution in [2.45, 2.75) is 23.8 Å². The lowest BCUT2D eigenvalue weighted by Gasteiger charge is -2.20. The van der Waals surface area contributed by atoms with Crippen molar-refractivity contribution in [2.24, 2.45) is 0 Å². The van der Waals surface area contributed by atoms with Crippen LogP contribution in [0.1, 0.15) is 45.2 Å². The minimum atomic E-state index is -3.84. The van der Waals surface area contributed by atoms with E-state index in [9.17, 15) is 18.0 Å². The molecule has 0 aromatic heterocycles. The third-order valence-corrected chi connectivity index (χ3v) is 7.63. The molecule has 4 rings (SSSR count). The van der Waals surface area contributed by atoms with Gasteiger partial charge in [-0.1, -0.05) is 60.7 Å². The van der Waals surface area contributed by atoms with Gasteiger partial charge in [-0.2, -0.15) is 4.31 Å². The highest BCUT2D eigenvalue weighted by atomic mass is 32.2. The molecule has 1 saturated heterocycles. The number of hydrogen-bond acceptors (Lipinski definition) is 6. The third kappa shape index (κ3) is 4.88. The van der Waals surface area contributed by atoms with Crippen molar-refractivity contribution in [1.29, 1.82) is 0 Å². The molecule has 3 aromatic rings. The van der Waals surface area contributed by atoms with Gasteiger partial charge in [0.05, 0.1) is 12.7 Å². The van der Waals surface area contributed by atoms with Gasteiger partial charge in [0.25, 0.3) is 0 Å². The van der Waals surface area contributed by atoms with Crippen LogP contribution in [0, 0.1) is 0 Å². The molecule has 1 atom stereocenters. The highest BCUT2D eigenvalue weighted by Crippen LogP contribution is 2.31. The third-order valence-electron chi connectivity index (χ3n) is 5.71. The Kier molecular flexibility index (Phi) is 7.09. The van der Waals surface area contributed by atoms with Crippen molar-refractivity contribution < 1.29 is 27.5 Å². The molecule has 3 aromatic carbocycles. The summed E-state index contributed by atoms with van der Waals surface area (Å²) in [4.78, 5) is 26.3. The van der Waals surface area contributed by atoms with Crippen LogP contribution >= 0.6 is 0 Å². The summed E-state index contributed by atoms with van der Waals surface area (Å²) in [6.07, 6.45) is 0.379. The molecule has 0 N–H and O–H groups in total. The van der Waals surface area contributed by atoms with Crippen LogP contribution in [-0.2, 0) is 14.8 Å². The van der Waals surface area contributed by atoms with E-state index < -0.39 is 22.1 Å². The summed E-state index contributed by atoms with van der Waals surface area (Å²) in [7, 11) is -2.47. The highest BCUT2D eigenvalue weighted by molar-refractivity contribution is 7.89. The van der Waals surface area contributed by atoms with Gasteiger partial charge in [0.2, 0.25) is 15.8 Å². The van der Waals surface area contributed by atoms with Crippen LogP contribution in [0.4, 0.5) is 0 Å². The van der Waals surface area contributed by atoms with Gasteiger partial charge in [0, 0.05) is 24.2 Å². The van der Waals surface area contributed by atoms with Crippen molar-refractivity contribution in [3.63, 3.8) is 0 Å². The zero-order chi connectivity index (χ0) is 24.1. The predicted octanol–water partition coefficient (Wildman–Crippen LogP) is 4.26. The maximum atomic E-state index is 13.2. The van der Waals surface area contributed by atoms with E-state index in [1.165, 1.54) is 29.6 Å². The smallest absolute Gasteiger partial charge is 0.339 e. The molecular weight excluding hydrogens is 454 g/mol. The number of hydrogen-bond donors (Lipinski definition) is 0. The van der Waals surface area contributed by atoms with Crippen molar-refractivity contribution >= 4 is 21.8 Å². The zero-order valence-corrected chi connectivity index (χ0v) is 19.5. The maximum absolute atomic E-state index is 13.2. The molecule has 1 unspecified atom stereocenters. The van der Waals surface area contributed by atoms with Crippen LogP contribution in [0.5, 0.6) is 5.75 Å². The Labute approximate surface area is 199 Å². The van der Waals surface area contributed by atoms with Gasteiger partial charge in [0.1, 0.15) is 10.6 Å². The van der Waals surface area contributed by atoms with Crippen molar-refractivity contribution in [2.75, 3.05) is 20.2 Å². The second-order valence-corrected chi connectivity index (χ2v) is 9.81. The lowest BCUT2D eigenvalue weighted by Crippen LogP contribution is -2.28. The fourth-order valence-electron chi connectivity index (χ4n) is 3.90. The minimum Gasteiger partial charge on any atom is -0.495 e. The number of rotatable bonds is 8. The molecule has 1 heterocycles. The number of nitrogens with zero attached hydrogens (tertiary/aromatic N) is 1. The Morgan fingerprint density at radius 3 is 2.09 bits per heavy atom. The Bertz CT molecular complexity index is 1270. The van der Waals surface area contributed by atoms with E-state index in [1.807, 2.05) is 0 Å². The molecule has 7 nitrogen and oxygen atoms in total. The average molecular weight is 480 g/mol. The molecule has 1 aliphatic heterocycles. The molecule has 0 amide bonds. The lowest BCUT2D eigenvalue weighted by atomic mass is 10.00. The normalized spacial score (nSPS) is 15.0. The van der Waals surface area contributed by atoms with Gasteiger partial charge < -0.3 is 9.47 Å². The number of esters is 1. The zero-order valence-electron chi connectivity index (χ0n) is 18.7. The SMILES string of the molecule is COc1ccc(C(=O)OC(C(=O)c2ccccc2)c2ccccc2)cc1S(=O)(=O)N1CCCC1. The molecule has 8 heteroatoms. The number of methoxy groups -OCH3 is 1. The summed E-state index contributed by atoms with van der Waals surface area (Å²) in [5.74, 6) is -1.04. The fourth-order valence-corrected chi connectivity index (χ4v) is 5.60. The van der Waals surface area contributed by atoms with Gasteiger partial charge >= 0.3 is 5.97 Å². The van der Waals surface area contributed by atoms with E-state index in [-0.39, 0.29) is 22.0 Å². The van der Waals surface area contributed by atoms with Crippen LogP contribution in [0.25, 0.3) is 0 Å². The number of sulfonamides is 1. The molecule has 0 bridgehead atoms. The van der Waals surface area contributed by atoms with Crippen LogP contribution in [-0.4, -0.2) is 44.7 Å². The molecule has 0 radical (unpaired) electrons. The van der Waals surface area contributed by atoms with E-state index in [2.05, 4.69) is 0 Å². The largest absolute Gasteiger partial charge is 0.495 e. The Morgan fingerprint density at radius 1 is 0.853 bits per heavy atom. The Hall–Kier alpha value is -3.49. The first-order chi connectivity index (χ1) is 16.4. The second-order valence-electron chi connectivity index (χ2n) is 7.90. The second kappa shape index (κ2) is 10.2. The quantitative estimate of drug-likeness (QED) is 0.354. The summed E-state index contributed by atoms with van der Waals surface area (Å²) < 4.78 is 38.6. The maximum Gasteiger partial charge on any atom is 0.339 e. The van der Waals surface area contributed by atoms with Crippen LogP contribution in [0.15, 0.2) is 83.8 Å². The molecule has 0 spiro atoms. The van der Waals surface area contributed by atoms with E-state index >= 15 is 0 Å². The number of carbonyl (C=O) groups is 2. The number of ether oxygens (including phenoxy) is 2.